The first kappa shape index (κ1) is 19.0. The summed E-state index contributed by atoms with van der Waals surface area (Å²) >= 11 is 1.44. The van der Waals surface area contributed by atoms with Crippen molar-refractivity contribution < 1.29 is 19.3 Å². The number of benzene rings is 1. The van der Waals surface area contributed by atoms with Crippen molar-refractivity contribution in [2.45, 2.75) is 32.1 Å². The van der Waals surface area contributed by atoms with Crippen LogP contribution in [-0.2, 0) is 4.74 Å². The molecule has 0 spiro atoms. The summed E-state index contributed by atoms with van der Waals surface area (Å²) in [5.74, 6) is 1.43. The Morgan fingerprint density at radius 1 is 1.18 bits per heavy atom. The standard InChI is InChI=1S/C19H24N4O4S/c1-11-8-22(9-12(2)27-11)16(13-5-6-14(25-3)15(7-13)26-4)17-18(24)23-19(28-17)20-10-21-23/h5-7,10-12,16,24H,8-9H2,1-4H3/t11-,12-,16-/m1/s1. The molecular formula is C19H24N4O4S. The Morgan fingerprint density at radius 2 is 1.89 bits per heavy atom. The Morgan fingerprint density at radius 3 is 2.54 bits per heavy atom. The molecule has 0 aliphatic carbocycles. The molecule has 3 atom stereocenters. The second-order valence-electron chi connectivity index (χ2n) is 6.97. The van der Waals surface area contributed by atoms with Gasteiger partial charge in [-0.25, -0.2) is 4.98 Å². The fourth-order valence-electron chi connectivity index (χ4n) is 3.85. The number of hydrogen-bond acceptors (Lipinski definition) is 8. The lowest BCUT2D eigenvalue weighted by molar-refractivity contribution is -0.0764. The van der Waals surface area contributed by atoms with E-state index in [1.165, 1.54) is 22.2 Å². The van der Waals surface area contributed by atoms with Crippen LogP contribution in [0.3, 0.4) is 0 Å². The van der Waals surface area contributed by atoms with Gasteiger partial charge in [0.2, 0.25) is 10.8 Å². The van der Waals surface area contributed by atoms with Gasteiger partial charge in [0.05, 0.1) is 37.3 Å². The number of hydrogen-bond donors (Lipinski definition) is 1. The Bertz CT molecular complexity index is 962. The summed E-state index contributed by atoms with van der Waals surface area (Å²) in [6, 6.07) is 5.68. The van der Waals surface area contributed by atoms with Crippen molar-refractivity contribution in [3.05, 3.63) is 35.0 Å². The molecule has 3 heterocycles. The molecule has 9 heteroatoms. The summed E-state index contributed by atoms with van der Waals surface area (Å²) in [5.41, 5.74) is 0.999. The molecule has 4 rings (SSSR count). The van der Waals surface area contributed by atoms with Gasteiger partial charge in [0.15, 0.2) is 11.5 Å². The highest BCUT2D eigenvalue weighted by Gasteiger charge is 2.34. The molecule has 1 aliphatic heterocycles. The number of fused-ring (bicyclic) bond motifs is 1. The third-order valence-corrected chi connectivity index (χ3v) is 6.01. The highest BCUT2D eigenvalue weighted by Crippen LogP contribution is 2.42. The van der Waals surface area contributed by atoms with E-state index >= 15 is 0 Å². The van der Waals surface area contributed by atoms with E-state index in [-0.39, 0.29) is 24.1 Å². The van der Waals surface area contributed by atoms with E-state index in [1.807, 2.05) is 18.2 Å². The number of methoxy groups -OCH3 is 2. The normalized spacial score (nSPS) is 21.7. The van der Waals surface area contributed by atoms with Crippen LogP contribution in [0.5, 0.6) is 17.4 Å². The predicted octanol–water partition coefficient (Wildman–Crippen LogP) is 2.71. The van der Waals surface area contributed by atoms with Crippen LogP contribution in [0.2, 0.25) is 0 Å². The molecule has 0 saturated carbocycles. The summed E-state index contributed by atoms with van der Waals surface area (Å²) < 4.78 is 18.3. The number of rotatable bonds is 5. The van der Waals surface area contributed by atoms with E-state index in [1.54, 1.807) is 14.2 Å². The van der Waals surface area contributed by atoms with Gasteiger partial charge in [-0.3, -0.25) is 4.90 Å². The minimum Gasteiger partial charge on any atom is -0.493 e. The SMILES string of the molecule is COc1ccc([C@H](c2sc3ncnn3c2O)N2C[C@@H](C)O[C@H](C)C2)cc1OC. The zero-order valence-electron chi connectivity index (χ0n) is 16.3. The summed E-state index contributed by atoms with van der Waals surface area (Å²) in [6.07, 6.45) is 1.63. The number of aromatic hydroxyl groups is 1. The molecule has 2 aromatic heterocycles. The van der Waals surface area contributed by atoms with Crippen molar-refractivity contribution in [1.29, 1.82) is 0 Å². The minimum absolute atomic E-state index is 0.0932. The van der Waals surface area contributed by atoms with Gasteiger partial charge >= 0.3 is 0 Å². The van der Waals surface area contributed by atoms with E-state index in [2.05, 4.69) is 28.8 Å². The largest absolute Gasteiger partial charge is 0.493 e. The molecule has 8 nitrogen and oxygen atoms in total. The van der Waals surface area contributed by atoms with Crippen molar-refractivity contribution in [1.82, 2.24) is 19.5 Å². The number of nitrogens with zero attached hydrogens (tertiary/aromatic N) is 4. The van der Waals surface area contributed by atoms with Crippen molar-refractivity contribution in [2.75, 3.05) is 27.3 Å². The molecule has 1 saturated heterocycles. The Balaban J connectivity index is 1.84. The van der Waals surface area contributed by atoms with Gasteiger partial charge in [0.25, 0.3) is 0 Å². The van der Waals surface area contributed by atoms with Crippen molar-refractivity contribution in [3.8, 4) is 17.4 Å². The second-order valence-corrected chi connectivity index (χ2v) is 7.98. The van der Waals surface area contributed by atoms with E-state index in [0.717, 1.165) is 23.5 Å². The zero-order chi connectivity index (χ0) is 19.8. The Hall–Kier alpha value is -2.36. The van der Waals surface area contributed by atoms with Crippen LogP contribution in [0.1, 0.15) is 30.3 Å². The van der Waals surface area contributed by atoms with Crippen molar-refractivity contribution in [2.24, 2.45) is 0 Å². The maximum atomic E-state index is 10.9. The molecule has 28 heavy (non-hydrogen) atoms. The van der Waals surface area contributed by atoms with E-state index in [9.17, 15) is 5.11 Å². The second kappa shape index (κ2) is 7.57. The zero-order valence-corrected chi connectivity index (χ0v) is 17.1. The first-order chi connectivity index (χ1) is 13.5. The number of thiazole rings is 1. The minimum atomic E-state index is -0.179. The van der Waals surface area contributed by atoms with Gasteiger partial charge in [-0.15, -0.1) is 0 Å². The smallest absolute Gasteiger partial charge is 0.230 e. The maximum Gasteiger partial charge on any atom is 0.230 e. The van der Waals surface area contributed by atoms with Gasteiger partial charge < -0.3 is 19.3 Å². The van der Waals surface area contributed by atoms with Gasteiger partial charge in [-0.1, -0.05) is 17.4 Å². The summed E-state index contributed by atoms with van der Waals surface area (Å²) in [6.45, 7) is 5.63. The Labute approximate surface area is 167 Å². The lowest BCUT2D eigenvalue weighted by Crippen LogP contribution is -2.47. The van der Waals surface area contributed by atoms with Gasteiger partial charge in [0, 0.05) is 13.1 Å². The first-order valence-corrected chi connectivity index (χ1v) is 9.96. The van der Waals surface area contributed by atoms with E-state index in [4.69, 9.17) is 14.2 Å². The number of aromatic nitrogens is 3. The van der Waals surface area contributed by atoms with E-state index < -0.39 is 0 Å². The average molecular weight is 404 g/mol. The molecule has 1 aromatic carbocycles. The van der Waals surface area contributed by atoms with Crippen LogP contribution in [-0.4, -0.2) is 64.1 Å². The van der Waals surface area contributed by atoms with Gasteiger partial charge in [-0.2, -0.15) is 9.61 Å². The highest BCUT2D eigenvalue weighted by atomic mass is 32.1. The van der Waals surface area contributed by atoms with Gasteiger partial charge in [0.1, 0.15) is 6.33 Å². The number of ether oxygens (including phenoxy) is 3. The van der Waals surface area contributed by atoms with Crippen LogP contribution in [0, 0.1) is 0 Å². The summed E-state index contributed by atoms with van der Waals surface area (Å²) in [4.78, 5) is 8.01. The van der Waals surface area contributed by atoms with Crippen molar-refractivity contribution >= 4 is 16.3 Å². The first-order valence-electron chi connectivity index (χ1n) is 9.14. The Kier molecular flexibility index (Phi) is 5.13. The third kappa shape index (κ3) is 3.30. The molecule has 1 N–H and O–H groups in total. The highest BCUT2D eigenvalue weighted by molar-refractivity contribution is 7.17. The van der Waals surface area contributed by atoms with Gasteiger partial charge in [-0.05, 0) is 31.5 Å². The lowest BCUT2D eigenvalue weighted by Gasteiger charge is -2.40. The number of morpholine rings is 1. The molecule has 0 radical (unpaired) electrons. The molecule has 150 valence electrons. The quantitative estimate of drug-likeness (QED) is 0.700. The molecule has 3 aromatic rings. The van der Waals surface area contributed by atoms with Crippen LogP contribution in [0.25, 0.3) is 4.96 Å². The van der Waals surface area contributed by atoms with Crippen LogP contribution in [0.15, 0.2) is 24.5 Å². The third-order valence-electron chi connectivity index (χ3n) is 4.92. The lowest BCUT2D eigenvalue weighted by atomic mass is 10.0. The predicted molar refractivity (Wildman–Crippen MR) is 105 cm³/mol. The average Bonchev–Trinajstić information content (AvgIpc) is 3.25. The fourth-order valence-corrected chi connectivity index (χ4v) is 4.94. The maximum absolute atomic E-state index is 10.9. The molecule has 0 bridgehead atoms. The molecule has 0 unspecified atom stereocenters. The van der Waals surface area contributed by atoms with Crippen molar-refractivity contribution in [3.63, 3.8) is 0 Å². The van der Waals surface area contributed by atoms with Crippen LogP contribution < -0.4 is 9.47 Å². The van der Waals surface area contributed by atoms with E-state index in [0.29, 0.717) is 16.5 Å². The summed E-state index contributed by atoms with van der Waals surface area (Å²) in [7, 11) is 3.24. The molecular weight excluding hydrogens is 380 g/mol. The monoisotopic (exact) mass is 404 g/mol. The summed E-state index contributed by atoms with van der Waals surface area (Å²) in [5, 5.41) is 15.0. The topological polar surface area (TPSA) is 81.4 Å². The molecule has 1 fully saturated rings. The molecule has 0 amide bonds. The van der Waals surface area contributed by atoms with Crippen LogP contribution >= 0.6 is 11.3 Å². The molecule has 1 aliphatic rings. The van der Waals surface area contributed by atoms with Crippen LogP contribution in [0.4, 0.5) is 0 Å². The fraction of sp³-hybridized carbons (Fsp3) is 0.474.